The average molecular weight is 496 g/mol. The van der Waals surface area contributed by atoms with E-state index in [1.54, 1.807) is 5.56 Å². The van der Waals surface area contributed by atoms with Crippen LogP contribution < -0.4 is 0 Å². The van der Waals surface area contributed by atoms with E-state index in [0.717, 1.165) is 53.0 Å². The first-order valence-corrected chi connectivity index (χ1v) is 13.8. The van der Waals surface area contributed by atoms with Gasteiger partial charge in [0.25, 0.3) is 0 Å². The van der Waals surface area contributed by atoms with E-state index < -0.39 is 0 Å². The molecule has 6 rings (SSSR count). The minimum Gasteiger partial charge on any atom is -0.338 e. The van der Waals surface area contributed by atoms with E-state index in [1.165, 1.54) is 61.9 Å². The van der Waals surface area contributed by atoms with Gasteiger partial charge < -0.3 is 4.98 Å². The predicted molar refractivity (Wildman–Crippen MR) is 149 cm³/mol. The minimum absolute atomic E-state index is 0.723. The SMILES string of the molecule is Clc1ccc(Cc2cccc3c2CCN(CC2CCCCC2)C3)cc1-c1ncc(-c2ccccc2)[nH]1. The lowest BCUT2D eigenvalue weighted by atomic mass is 9.87. The molecular weight excluding hydrogens is 462 g/mol. The molecule has 1 fully saturated rings. The van der Waals surface area contributed by atoms with Crippen LogP contribution in [0, 0.1) is 5.92 Å². The summed E-state index contributed by atoms with van der Waals surface area (Å²) >= 11 is 6.63. The fourth-order valence-electron chi connectivity index (χ4n) is 6.11. The van der Waals surface area contributed by atoms with Crippen molar-refractivity contribution in [3.8, 4) is 22.6 Å². The van der Waals surface area contributed by atoms with Crippen LogP contribution in [0.5, 0.6) is 0 Å². The molecule has 184 valence electrons. The summed E-state index contributed by atoms with van der Waals surface area (Å²) in [6.07, 6.45) is 11.1. The molecule has 1 aromatic heterocycles. The van der Waals surface area contributed by atoms with Crippen molar-refractivity contribution in [3.05, 3.63) is 100 Å². The van der Waals surface area contributed by atoms with Crippen LogP contribution in [0.2, 0.25) is 5.02 Å². The molecule has 0 unspecified atom stereocenters. The zero-order chi connectivity index (χ0) is 24.3. The van der Waals surface area contributed by atoms with Crippen molar-refractivity contribution < 1.29 is 0 Å². The van der Waals surface area contributed by atoms with E-state index >= 15 is 0 Å². The Morgan fingerprint density at radius 3 is 2.67 bits per heavy atom. The summed E-state index contributed by atoms with van der Waals surface area (Å²) in [4.78, 5) is 10.8. The second-order valence-corrected chi connectivity index (χ2v) is 11.0. The first kappa shape index (κ1) is 23.5. The van der Waals surface area contributed by atoms with Crippen molar-refractivity contribution in [2.45, 2.75) is 51.5 Å². The number of nitrogens with one attached hydrogen (secondary N) is 1. The number of aromatic amines is 1. The van der Waals surface area contributed by atoms with E-state index in [0.29, 0.717) is 0 Å². The lowest BCUT2D eigenvalue weighted by Gasteiger charge is -2.34. The molecule has 3 nitrogen and oxygen atoms in total. The quantitative estimate of drug-likeness (QED) is 0.294. The third kappa shape index (κ3) is 5.14. The number of aromatic nitrogens is 2. The monoisotopic (exact) mass is 495 g/mol. The van der Waals surface area contributed by atoms with Crippen molar-refractivity contribution in [1.29, 1.82) is 0 Å². The largest absolute Gasteiger partial charge is 0.338 e. The summed E-state index contributed by atoms with van der Waals surface area (Å²) in [6.45, 7) is 3.56. The Bertz CT molecular complexity index is 1320. The number of nitrogens with zero attached hydrogens (tertiary/aromatic N) is 2. The van der Waals surface area contributed by atoms with E-state index in [9.17, 15) is 0 Å². The average Bonchev–Trinajstić information content (AvgIpc) is 3.41. The fourth-order valence-corrected chi connectivity index (χ4v) is 6.32. The van der Waals surface area contributed by atoms with Crippen LogP contribution in [0.25, 0.3) is 22.6 Å². The van der Waals surface area contributed by atoms with Gasteiger partial charge >= 0.3 is 0 Å². The highest BCUT2D eigenvalue weighted by atomic mass is 35.5. The molecule has 3 aromatic carbocycles. The second-order valence-electron chi connectivity index (χ2n) is 10.5. The van der Waals surface area contributed by atoms with Gasteiger partial charge in [0.2, 0.25) is 0 Å². The molecule has 0 saturated heterocycles. The van der Waals surface area contributed by atoms with Crippen LogP contribution in [-0.4, -0.2) is 28.0 Å². The topological polar surface area (TPSA) is 31.9 Å². The smallest absolute Gasteiger partial charge is 0.139 e. The Morgan fingerprint density at radius 2 is 1.81 bits per heavy atom. The highest BCUT2D eigenvalue weighted by Gasteiger charge is 2.22. The summed E-state index contributed by atoms with van der Waals surface area (Å²) < 4.78 is 0. The van der Waals surface area contributed by atoms with Gasteiger partial charge in [-0.25, -0.2) is 4.98 Å². The van der Waals surface area contributed by atoms with Gasteiger partial charge in [-0.05, 0) is 71.6 Å². The van der Waals surface area contributed by atoms with E-state index in [4.69, 9.17) is 11.6 Å². The Labute approximate surface area is 219 Å². The first-order valence-electron chi connectivity index (χ1n) is 13.4. The highest BCUT2D eigenvalue weighted by molar-refractivity contribution is 6.33. The zero-order valence-corrected chi connectivity index (χ0v) is 21.6. The van der Waals surface area contributed by atoms with Crippen molar-refractivity contribution >= 4 is 11.6 Å². The number of hydrogen-bond donors (Lipinski definition) is 1. The van der Waals surface area contributed by atoms with Crippen LogP contribution in [0.3, 0.4) is 0 Å². The van der Waals surface area contributed by atoms with E-state index in [1.807, 2.05) is 30.5 Å². The maximum Gasteiger partial charge on any atom is 0.139 e. The van der Waals surface area contributed by atoms with Gasteiger partial charge in [0.05, 0.1) is 16.9 Å². The molecule has 0 radical (unpaired) electrons. The summed E-state index contributed by atoms with van der Waals surface area (Å²) in [5, 5.41) is 0.723. The van der Waals surface area contributed by atoms with Gasteiger partial charge in [-0.1, -0.05) is 85.5 Å². The van der Waals surface area contributed by atoms with Gasteiger partial charge in [-0.3, -0.25) is 4.90 Å². The maximum absolute atomic E-state index is 6.63. The van der Waals surface area contributed by atoms with Crippen molar-refractivity contribution in [2.24, 2.45) is 5.92 Å². The fraction of sp³-hybridized carbons (Fsp3) is 0.344. The predicted octanol–water partition coefficient (Wildman–Crippen LogP) is 7.93. The third-order valence-corrected chi connectivity index (χ3v) is 8.35. The molecule has 0 bridgehead atoms. The molecule has 4 aromatic rings. The maximum atomic E-state index is 6.63. The van der Waals surface area contributed by atoms with Crippen LogP contribution in [0.1, 0.15) is 54.4 Å². The van der Waals surface area contributed by atoms with Gasteiger partial charge in [0.1, 0.15) is 5.82 Å². The number of H-pyrrole nitrogens is 1. The van der Waals surface area contributed by atoms with Crippen LogP contribution in [0.4, 0.5) is 0 Å². The number of halogens is 1. The van der Waals surface area contributed by atoms with Gasteiger partial charge in [0, 0.05) is 25.2 Å². The molecule has 0 spiro atoms. The van der Waals surface area contributed by atoms with Crippen molar-refractivity contribution in [2.75, 3.05) is 13.1 Å². The summed E-state index contributed by atoms with van der Waals surface area (Å²) in [6, 6.07) is 23.5. The molecule has 0 atom stereocenters. The lowest BCUT2D eigenvalue weighted by Crippen LogP contribution is -2.35. The van der Waals surface area contributed by atoms with Crippen molar-refractivity contribution in [1.82, 2.24) is 14.9 Å². The lowest BCUT2D eigenvalue weighted by molar-refractivity contribution is 0.187. The Kier molecular flexibility index (Phi) is 6.94. The van der Waals surface area contributed by atoms with Crippen LogP contribution >= 0.6 is 11.6 Å². The molecule has 1 N–H and O–H groups in total. The Balaban J connectivity index is 1.20. The molecule has 1 aliphatic carbocycles. The molecule has 0 amide bonds. The number of hydrogen-bond acceptors (Lipinski definition) is 2. The molecule has 4 heteroatoms. The highest BCUT2D eigenvalue weighted by Crippen LogP contribution is 2.32. The van der Waals surface area contributed by atoms with E-state index in [-0.39, 0.29) is 0 Å². The molecular formula is C32H34ClN3. The molecule has 1 saturated carbocycles. The first-order chi connectivity index (χ1) is 17.7. The van der Waals surface area contributed by atoms with E-state index in [2.05, 4.69) is 57.3 Å². The van der Waals surface area contributed by atoms with Crippen LogP contribution in [0.15, 0.2) is 72.9 Å². The van der Waals surface area contributed by atoms with Crippen molar-refractivity contribution in [3.63, 3.8) is 0 Å². The number of benzene rings is 3. The number of imidazole rings is 1. The second kappa shape index (κ2) is 10.6. The normalized spacial score (nSPS) is 16.7. The van der Waals surface area contributed by atoms with Gasteiger partial charge in [-0.15, -0.1) is 0 Å². The standard InChI is InChI=1S/C32H34ClN3/c33-30-15-14-24(19-29(30)32-34-20-31(35-32)25-10-5-2-6-11-25)18-26-12-7-13-27-22-36(17-16-28(26)27)21-23-8-3-1-4-9-23/h2,5-7,10-15,19-20,23H,1,3-4,8-9,16-18,21-22H2,(H,34,35). The number of fused-ring (bicyclic) bond motifs is 1. The molecule has 1 aliphatic heterocycles. The summed E-state index contributed by atoms with van der Waals surface area (Å²) in [5.74, 6) is 1.72. The molecule has 2 aliphatic rings. The summed E-state index contributed by atoms with van der Waals surface area (Å²) in [7, 11) is 0. The molecule has 2 heterocycles. The summed E-state index contributed by atoms with van der Waals surface area (Å²) in [5.41, 5.74) is 8.87. The Hall–Kier alpha value is -2.88. The Morgan fingerprint density at radius 1 is 0.944 bits per heavy atom. The van der Waals surface area contributed by atoms with Crippen LogP contribution in [-0.2, 0) is 19.4 Å². The zero-order valence-electron chi connectivity index (χ0n) is 20.8. The third-order valence-electron chi connectivity index (χ3n) is 8.02. The van der Waals surface area contributed by atoms with Gasteiger partial charge in [-0.2, -0.15) is 0 Å². The minimum atomic E-state index is 0.723. The number of rotatable bonds is 6. The van der Waals surface area contributed by atoms with Gasteiger partial charge in [0.15, 0.2) is 0 Å². The molecule has 36 heavy (non-hydrogen) atoms.